The van der Waals surface area contributed by atoms with Crippen molar-refractivity contribution in [3.8, 4) is 0 Å². The summed E-state index contributed by atoms with van der Waals surface area (Å²) in [6.45, 7) is 9.14. The number of nitrogens with zero attached hydrogens (tertiary/aromatic N) is 2. The smallest absolute Gasteiger partial charge is 0.0950 e. The van der Waals surface area contributed by atoms with Gasteiger partial charge in [0.15, 0.2) is 0 Å². The van der Waals surface area contributed by atoms with Gasteiger partial charge in [-0.25, -0.2) is 4.98 Å². The van der Waals surface area contributed by atoms with Crippen molar-refractivity contribution in [1.29, 1.82) is 0 Å². The van der Waals surface area contributed by atoms with Crippen LogP contribution >= 0.6 is 0 Å². The third-order valence-electron chi connectivity index (χ3n) is 4.06. The van der Waals surface area contributed by atoms with E-state index >= 15 is 0 Å². The highest BCUT2D eigenvalue weighted by Crippen LogP contribution is 2.34. The van der Waals surface area contributed by atoms with Gasteiger partial charge in [-0.1, -0.05) is 13.8 Å². The minimum Gasteiger partial charge on any atom is -0.331 e. The minimum atomic E-state index is 0.311. The predicted octanol–water partition coefficient (Wildman–Crippen LogP) is 2.50. The van der Waals surface area contributed by atoms with Crippen LogP contribution in [-0.4, -0.2) is 22.6 Å². The van der Waals surface area contributed by atoms with Crippen LogP contribution in [0.5, 0.6) is 0 Å². The molecule has 3 heteroatoms. The summed E-state index contributed by atoms with van der Waals surface area (Å²) in [4.78, 5) is 4.35. The number of hydrogen-bond donors (Lipinski definition) is 1. The molecule has 1 unspecified atom stereocenters. The molecule has 0 saturated carbocycles. The SMILES string of the molecule is CCC(C)n1cncc1C1(C)CCNCC1. The van der Waals surface area contributed by atoms with E-state index < -0.39 is 0 Å². The fourth-order valence-corrected chi connectivity index (χ4v) is 2.55. The minimum absolute atomic E-state index is 0.311. The van der Waals surface area contributed by atoms with E-state index in [1.807, 2.05) is 6.33 Å². The second kappa shape index (κ2) is 4.58. The fourth-order valence-electron chi connectivity index (χ4n) is 2.55. The largest absolute Gasteiger partial charge is 0.331 e. The van der Waals surface area contributed by atoms with Crippen molar-refractivity contribution in [2.45, 2.75) is 51.5 Å². The molecular weight excluding hydrogens is 198 g/mol. The zero-order valence-electron chi connectivity index (χ0n) is 10.7. The van der Waals surface area contributed by atoms with Gasteiger partial charge in [-0.15, -0.1) is 0 Å². The molecule has 1 saturated heterocycles. The molecule has 90 valence electrons. The summed E-state index contributed by atoms with van der Waals surface area (Å²) in [5.41, 5.74) is 1.73. The molecule has 1 aromatic rings. The average Bonchev–Trinajstić information content (AvgIpc) is 2.78. The van der Waals surface area contributed by atoms with Crippen LogP contribution in [0.15, 0.2) is 12.5 Å². The fraction of sp³-hybridized carbons (Fsp3) is 0.769. The van der Waals surface area contributed by atoms with E-state index in [1.165, 1.54) is 18.5 Å². The lowest BCUT2D eigenvalue weighted by molar-refractivity contribution is 0.309. The first kappa shape index (κ1) is 11.6. The monoisotopic (exact) mass is 221 g/mol. The number of hydrogen-bond acceptors (Lipinski definition) is 2. The number of imidazole rings is 1. The summed E-state index contributed by atoms with van der Waals surface area (Å²) in [6, 6.07) is 0.559. The Balaban J connectivity index is 2.28. The molecule has 3 nitrogen and oxygen atoms in total. The topological polar surface area (TPSA) is 29.9 Å². The van der Waals surface area contributed by atoms with Gasteiger partial charge in [0.2, 0.25) is 0 Å². The molecule has 0 aliphatic carbocycles. The van der Waals surface area contributed by atoms with Crippen molar-refractivity contribution >= 4 is 0 Å². The quantitative estimate of drug-likeness (QED) is 0.850. The van der Waals surface area contributed by atoms with Gasteiger partial charge < -0.3 is 9.88 Å². The van der Waals surface area contributed by atoms with Gasteiger partial charge >= 0.3 is 0 Å². The molecule has 16 heavy (non-hydrogen) atoms. The number of nitrogens with one attached hydrogen (secondary N) is 1. The normalized spacial score (nSPS) is 21.9. The zero-order chi connectivity index (χ0) is 11.6. The highest BCUT2D eigenvalue weighted by atomic mass is 15.1. The van der Waals surface area contributed by atoms with Gasteiger partial charge in [-0.3, -0.25) is 0 Å². The highest BCUT2D eigenvalue weighted by Gasteiger charge is 2.32. The van der Waals surface area contributed by atoms with Crippen molar-refractivity contribution in [3.05, 3.63) is 18.2 Å². The van der Waals surface area contributed by atoms with E-state index in [0.29, 0.717) is 11.5 Å². The molecule has 0 bridgehead atoms. The molecule has 1 N–H and O–H groups in total. The van der Waals surface area contributed by atoms with Crippen molar-refractivity contribution in [2.75, 3.05) is 13.1 Å². The van der Waals surface area contributed by atoms with Crippen LogP contribution in [0, 0.1) is 0 Å². The number of piperidine rings is 1. The molecule has 0 aromatic carbocycles. The van der Waals surface area contributed by atoms with Gasteiger partial charge in [0, 0.05) is 23.3 Å². The lowest BCUT2D eigenvalue weighted by Crippen LogP contribution is -2.39. The van der Waals surface area contributed by atoms with Crippen molar-refractivity contribution in [2.24, 2.45) is 0 Å². The zero-order valence-corrected chi connectivity index (χ0v) is 10.7. The van der Waals surface area contributed by atoms with Gasteiger partial charge in [0.1, 0.15) is 0 Å². The maximum absolute atomic E-state index is 4.35. The van der Waals surface area contributed by atoms with Crippen molar-refractivity contribution in [3.63, 3.8) is 0 Å². The molecule has 0 amide bonds. The van der Waals surface area contributed by atoms with Gasteiger partial charge in [0.05, 0.1) is 6.33 Å². The first-order valence-electron chi connectivity index (χ1n) is 6.40. The first-order chi connectivity index (χ1) is 7.67. The maximum atomic E-state index is 4.35. The third-order valence-corrected chi connectivity index (χ3v) is 4.06. The Hall–Kier alpha value is -0.830. The van der Waals surface area contributed by atoms with Crippen LogP contribution in [0.3, 0.4) is 0 Å². The Morgan fingerprint density at radius 2 is 2.19 bits per heavy atom. The summed E-state index contributed by atoms with van der Waals surface area (Å²) in [5, 5.41) is 3.43. The van der Waals surface area contributed by atoms with E-state index in [4.69, 9.17) is 0 Å². The molecule has 2 rings (SSSR count). The van der Waals surface area contributed by atoms with Crippen molar-refractivity contribution in [1.82, 2.24) is 14.9 Å². The van der Waals surface area contributed by atoms with Gasteiger partial charge in [-0.2, -0.15) is 0 Å². The van der Waals surface area contributed by atoms with Crippen LogP contribution in [0.1, 0.15) is 51.8 Å². The van der Waals surface area contributed by atoms with E-state index in [-0.39, 0.29) is 0 Å². The second-order valence-corrected chi connectivity index (χ2v) is 5.25. The van der Waals surface area contributed by atoms with Gasteiger partial charge in [0.25, 0.3) is 0 Å². The van der Waals surface area contributed by atoms with E-state index in [9.17, 15) is 0 Å². The number of aromatic nitrogens is 2. The van der Waals surface area contributed by atoms with E-state index in [0.717, 1.165) is 19.5 Å². The summed E-state index contributed by atoms with van der Waals surface area (Å²) in [7, 11) is 0. The van der Waals surface area contributed by atoms with Crippen LogP contribution in [-0.2, 0) is 5.41 Å². The lowest BCUT2D eigenvalue weighted by atomic mass is 9.78. The molecule has 0 spiro atoms. The Morgan fingerprint density at radius 1 is 1.50 bits per heavy atom. The molecule has 1 aliphatic heterocycles. The maximum Gasteiger partial charge on any atom is 0.0950 e. The standard InChI is InChI=1S/C13H23N3/c1-4-11(2)16-10-15-9-12(16)13(3)5-7-14-8-6-13/h9-11,14H,4-8H2,1-3H3. The Morgan fingerprint density at radius 3 is 2.81 bits per heavy atom. The predicted molar refractivity (Wildman–Crippen MR) is 66.7 cm³/mol. The molecule has 2 heterocycles. The Labute approximate surface area is 98.3 Å². The van der Waals surface area contributed by atoms with Crippen molar-refractivity contribution < 1.29 is 0 Å². The second-order valence-electron chi connectivity index (χ2n) is 5.25. The molecule has 1 atom stereocenters. The molecule has 1 fully saturated rings. The highest BCUT2D eigenvalue weighted by molar-refractivity contribution is 5.16. The van der Waals surface area contributed by atoms with Gasteiger partial charge in [-0.05, 0) is 39.3 Å². The Bertz CT molecular complexity index is 337. The summed E-state index contributed by atoms with van der Waals surface area (Å²) >= 11 is 0. The van der Waals surface area contributed by atoms with E-state index in [1.54, 1.807) is 0 Å². The summed E-state index contributed by atoms with van der Waals surface area (Å²) in [5.74, 6) is 0. The average molecular weight is 221 g/mol. The van der Waals surface area contributed by atoms with Crippen LogP contribution < -0.4 is 5.32 Å². The number of rotatable bonds is 3. The third kappa shape index (κ3) is 2.01. The lowest BCUT2D eigenvalue weighted by Gasteiger charge is -2.35. The molecule has 0 radical (unpaired) electrons. The summed E-state index contributed by atoms with van der Waals surface area (Å²) in [6.07, 6.45) is 7.66. The first-order valence-corrected chi connectivity index (χ1v) is 6.40. The molecule has 1 aromatic heterocycles. The Kier molecular flexibility index (Phi) is 3.33. The van der Waals surface area contributed by atoms with Crippen LogP contribution in [0.25, 0.3) is 0 Å². The molecular formula is C13H23N3. The molecule has 1 aliphatic rings. The van der Waals surface area contributed by atoms with E-state index in [2.05, 4.69) is 41.8 Å². The van der Waals surface area contributed by atoms with Crippen LogP contribution in [0.2, 0.25) is 0 Å². The van der Waals surface area contributed by atoms with Crippen LogP contribution in [0.4, 0.5) is 0 Å². The summed E-state index contributed by atoms with van der Waals surface area (Å²) < 4.78 is 2.37.